The van der Waals surface area contributed by atoms with Crippen LogP contribution in [0.1, 0.15) is 37.7 Å². The lowest BCUT2D eigenvalue weighted by Gasteiger charge is -2.31. The third-order valence-electron chi connectivity index (χ3n) is 5.70. The summed E-state index contributed by atoms with van der Waals surface area (Å²) >= 11 is 0. The Hall–Kier alpha value is -2.08. The minimum atomic E-state index is -0.798. The molecule has 0 saturated carbocycles. The molecule has 27 heavy (non-hydrogen) atoms. The number of hydrogen-bond acceptors (Lipinski definition) is 3. The van der Waals surface area contributed by atoms with Gasteiger partial charge in [-0.25, -0.2) is 4.79 Å². The number of carbonyl (C=O) groups is 2. The maximum Gasteiger partial charge on any atom is 0.317 e. The molecule has 6 heteroatoms. The van der Waals surface area contributed by atoms with Crippen molar-refractivity contribution < 1.29 is 14.7 Å². The lowest BCUT2D eigenvalue weighted by atomic mass is 9.98. The van der Waals surface area contributed by atoms with Crippen LogP contribution in [0, 0.1) is 11.8 Å². The zero-order chi connectivity index (χ0) is 19.1. The van der Waals surface area contributed by atoms with Crippen LogP contribution in [-0.2, 0) is 11.3 Å². The zero-order valence-electron chi connectivity index (χ0n) is 16.0. The van der Waals surface area contributed by atoms with Crippen LogP contribution in [-0.4, -0.2) is 59.6 Å². The van der Waals surface area contributed by atoms with Crippen molar-refractivity contribution in [2.75, 3.05) is 32.7 Å². The fraction of sp³-hybridized carbons (Fsp3) is 0.619. The molecule has 2 atom stereocenters. The number of nitrogens with zero attached hydrogens (tertiary/aromatic N) is 2. The molecule has 0 radical (unpaired) electrons. The topological polar surface area (TPSA) is 72.9 Å². The van der Waals surface area contributed by atoms with Gasteiger partial charge < -0.3 is 15.3 Å². The molecule has 2 saturated heterocycles. The van der Waals surface area contributed by atoms with Gasteiger partial charge in [0.2, 0.25) is 0 Å². The number of carboxylic acids is 1. The molecule has 2 aliphatic heterocycles. The minimum Gasteiger partial charge on any atom is -0.481 e. The van der Waals surface area contributed by atoms with Crippen LogP contribution in [0.5, 0.6) is 0 Å². The lowest BCUT2D eigenvalue weighted by molar-refractivity contribution is -0.143. The summed E-state index contributed by atoms with van der Waals surface area (Å²) in [6.07, 6.45) is 4.94. The number of nitrogens with one attached hydrogen (secondary N) is 1. The number of benzene rings is 1. The van der Waals surface area contributed by atoms with E-state index < -0.39 is 11.9 Å². The van der Waals surface area contributed by atoms with Crippen molar-refractivity contribution in [1.82, 2.24) is 15.1 Å². The van der Waals surface area contributed by atoms with Crippen molar-refractivity contribution in [3.8, 4) is 0 Å². The molecule has 0 bridgehead atoms. The molecular formula is C21H31N3O3. The minimum absolute atomic E-state index is 0.111. The van der Waals surface area contributed by atoms with Crippen LogP contribution in [0.2, 0.25) is 0 Å². The molecule has 2 amide bonds. The molecule has 2 N–H and O–H groups in total. The van der Waals surface area contributed by atoms with Gasteiger partial charge in [0.05, 0.1) is 5.92 Å². The van der Waals surface area contributed by atoms with Crippen LogP contribution in [0.15, 0.2) is 30.3 Å². The summed E-state index contributed by atoms with van der Waals surface area (Å²) in [5.74, 6) is -0.781. The highest BCUT2D eigenvalue weighted by Crippen LogP contribution is 2.19. The highest BCUT2D eigenvalue weighted by Gasteiger charge is 2.28. The Balaban J connectivity index is 1.47. The standard InChI is InChI=1S/C21H31N3O3/c25-20(26)19-10-6-12-24(16-19)21(27)22-13-18-9-4-5-11-23(15-18)14-17-7-2-1-3-8-17/h1-3,7-8,18-19H,4-6,9-16H2,(H,22,27)(H,25,26). The van der Waals surface area contributed by atoms with Gasteiger partial charge in [0.15, 0.2) is 0 Å². The normalized spacial score (nSPS) is 24.2. The van der Waals surface area contributed by atoms with Crippen molar-refractivity contribution in [1.29, 1.82) is 0 Å². The maximum atomic E-state index is 12.5. The van der Waals surface area contributed by atoms with Gasteiger partial charge in [-0.15, -0.1) is 0 Å². The Bertz CT molecular complexity index is 622. The summed E-state index contributed by atoms with van der Waals surface area (Å²) in [6.45, 7) is 4.70. The molecule has 6 nitrogen and oxygen atoms in total. The zero-order valence-corrected chi connectivity index (χ0v) is 16.0. The molecule has 0 aromatic heterocycles. The number of carboxylic acid groups (broad SMARTS) is 1. The van der Waals surface area contributed by atoms with Crippen LogP contribution in [0.25, 0.3) is 0 Å². The van der Waals surface area contributed by atoms with E-state index in [4.69, 9.17) is 0 Å². The fourth-order valence-corrected chi connectivity index (χ4v) is 4.17. The van der Waals surface area contributed by atoms with Gasteiger partial charge in [-0.05, 0) is 43.7 Å². The third-order valence-corrected chi connectivity index (χ3v) is 5.70. The van der Waals surface area contributed by atoms with Crippen LogP contribution >= 0.6 is 0 Å². The molecule has 0 spiro atoms. The molecule has 3 rings (SSSR count). The number of amides is 2. The van der Waals surface area contributed by atoms with Gasteiger partial charge >= 0.3 is 12.0 Å². The summed E-state index contributed by atoms with van der Waals surface area (Å²) in [4.78, 5) is 27.8. The first-order valence-electron chi connectivity index (χ1n) is 10.1. The van der Waals surface area contributed by atoms with Gasteiger partial charge in [-0.3, -0.25) is 9.69 Å². The van der Waals surface area contributed by atoms with Crippen molar-refractivity contribution in [3.63, 3.8) is 0 Å². The van der Waals surface area contributed by atoms with Crippen molar-refractivity contribution >= 4 is 12.0 Å². The fourth-order valence-electron chi connectivity index (χ4n) is 4.17. The van der Waals surface area contributed by atoms with Gasteiger partial charge in [-0.2, -0.15) is 0 Å². The summed E-state index contributed by atoms with van der Waals surface area (Å²) in [5, 5.41) is 12.3. The first-order valence-corrected chi connectivity index (χ1v) is 10.1. The van der Waals surface area contributed by atoms with Crippen molar-refractivity contribution in [3.05, 3.63) is 35.9 Å². The molecule has 2 fully saturated rings. The molecule has 0 aliphatic carbocycles. The number of piperidine rings is 1. The van der Waals surface area contributed by atoms with Gasteiger partial charge in [0.1, 0.15) is 0 Å². The van der Waals surface area contributed by atoms with E-state index in [1.54, 1.807) is 4.90 Å². The first-order chi connectivity index (χ1) is 13.1. The Kier molecular flexibility index (Phi) is 7.10. The average Bonchev–Trinajstić information content (AvgIpc) is 2.92. The number of rotatable bonds is 5. The van der Waals surface area contributed by atoms with E-state index in [0.717, 1.165) is 32.5 Å². The molecule has 2 aliphatic rings. The molecular weight excluding hydrogens is 342 g/mol. The quantitative estimate of drug-likeness (QED) is 0.832. The number of aliphatic carboxylic acids is 1. The van der Waals surface area contributed by atoms with Gasteiger partial charge in [-0.1, -0.05) is 36.8 Å². The summed E-state index contributed by atoms with van der Waals surface area (Å²) in [7, 11) is 0. The smallest absolute Gasteiger partial charge is 0.317 e. The molecule has 1 aromatic carbocycles. The molecule has 1 aromatic rings. The van der Waals surface area contributed by atoms with Gasteiger partial charge in [0.25, 0.3) is 0 Å². The van der Waals surface area contributed by atoms with E-state index in [0.29, 0.717) is 32.0 Å². The predicted octanol–water partition coefficient (Wildman–Crippen LogP) is 2.79. The Morgan fingerprint density at radius 2 is 1.85 bits per heavy atom. The van der Waals surface area contributed by atoms with Crippen molar-refractivity contribution in [2.45, 2.75) is 38.6 Å². The van der Waals surface area contributed by atoms with Gasteiger partial charge in [0, 0.05) is 32.7 Å². The second kappa shape index (κ2) is 9.74. The Morgan fingerprint density at radius 3 is 2.63 bits per heavy atom. The maximum absolute atomic E-state index is 12.5. The average molecular weight is 373 g/mol. The van der Waals surface area contributed by atoms with E-state index in [1.165, 1.54) is 18.4 Å². The third kappa shape index (κ3) is 5.96. The predicted molar refractivity (Wildman–Crippen MR) is 104 cm³/mol. The number of likely N-dealkylation sites (tertiary alicyclic amines) is 2. The Labute approximate surface area is 161 Å². The van der Waals surface area contributed by atoms with Crippen LogP contribution in [0.3, 0.4) is 0 Å². The van der Waals surface area contributed by atoms with E-state index in [1.807, 2.05) is 6.07 Å². The SMILES string of the molecule is O=C(O)C1CCCN(C(=O)NCC2CCCCN(Cc3ccccc3)C2)C1. The number of carbonyl (C=O) groups excluding carboxylic acids is 1. The highest BCUT2D eigenvalue weighted by molar-refractivity contribution is 5.76. The van der Waals surface area contributed by atoms with E-state index in [9.17, 15) is 14.7 Å². The van der Waals surface area contributed by atoms with Crippen LogP contribution < -0.4 is 5.32 Å². The first kappa shape index (κ1) is 19.7. The molecule has 2 unspecified atom stereocenters. The number of hydrogen-bond donors (Lipinski definition) is 2. The largest absolute Gasteiger partial charge is 0.481 e. The second-order valence-electron chi connectivity index (χ2n) is 7.89. The number of urea groups is 1. The summed E-state index contributed by atoms with van der Waals surface area (Å²) in [5.41, 5.74) is 1.33. The molecule has 148 valence electrons. The molecule has 2 heterocycles. The van der Waals surface area contributed by atoms with Crippen LogP contribution in [0.4, 0.5) is 4.79 Å². The van der Waals surface area contributed by atoms with E-state index in [-0.39, 0.29) is 6.03 Å². The highest BCUT2D eigenvalue weighted by atomic mass is 16.4. The second-order valence-corrected chi connectivity index (χ2v) is 7.89. The lowest BCUT2D eigenvalue weighted by Crippen LogP contribution is -2.48. The van der Waals surface area contributed by atoms with E-state index >= 15 is 0 Å². The van der Waals surface area contributed by atoms with E-state index in [2.05, 4.69) is 34.5 Å². The Morgan fingerprint density at radius 1 is 1.04 bits per heavy atom. The van der Waals surface area contributed by atoms with Crippen molar-refractivity contribution in [2.24, 2.45) is 11.8 Å². The summed E-state index contributed by atoms with van der Waals surface area (Å²) < 4.78 is 0. The monoisotopic (exact) mass is 373 g/mol. The summed E-state index contributed by atoms with van der Waals surface area (Å²) in [6, 6.07) is 10.4.